The average molecular weight is 440 g/mol. The Morgan fingerprint density at radius 3 is 2.27 bits per heavy atom. The second-order valence-corrected chi connectivity index (χ2v) is 8.59. The van der Waals surface area contributed by atoms with E-state index in [9.17, 15) is 9.18 Å². The van der Waals surface area contributed by atoms with E-state index in [0.717, 1.165) is 53.0 Å². The van der Waals surface area contributed by atoms with E-state index in [2.05, 4.69) is 22.3 Å². The Hall–Kier alpha value is -3.57. The van der Waals surface area contributed by atoms with Gasteiger partial charge in [0.05, 0.1) is 11.2 Å². The number of halogens is 1. The smallest absolute Gasteiger partial charge is 0.255 e. The van der Waals surface area contributed by atoms with Gasteiger partial charge < -0.3 is 5.32 Å². The minimum Gasteiger partial charge on any atom is -0.322 e. The van der Waals surface area contributed by atoms with Gasteiger partial charge in [-0.15, -0.1) is 0 Å². The largest absolute Gasteiger partial charge is 0.322 e. The van der Waals surface area contributed by atoms with Crippen LogP contribution in [0.3, 0.4) is 0 Å². The number of anilines is 1. The van der Waals surface area contributed by atoms with E-state index in [-0.39, 0.29) is 11.7 Å². The Bertz CT molecular complexity index is 1260. The van der Waals surface area contributed by atoms with Crippen molar-refractivity contribution in [1.29, 1.82) is 0 Å². The van der Waals surface area contributed by atoms with Crippen LogP contribution in [-0.4, -0.2) is 28.9 Å². The van der Waals surface area contributed by atoms with E-state index >= 15 is 0 Å². The number of fused-ring (bicyclic) bond motifs is 1. The lowest BCUT2D eigenvalue weighted by molar-refractivity contribution is 0.102. The number of amides is 1. The first kappa shape index (κ1) is 21.3. The van der Waals surface area contributed by atoms with Gasteiger partial charge in [-0.05, 0) is 85.6 Å². The fraction of sp³-hybridized carbons (Fsp3) is 0.214. The summed E-state index contributed by atoms with van der Waals surface area (Å²) in [7, 11) is 0. The van der Waals surface area contributed by atoms with Crippen LogP contribution in [0, 0.1) is 5.82 Å². The molecule has 4 aromatic rings. The molecule has 1 aliphatic heterocycles. The number of hydrogen-bond acceptors (Lipinski definition) is 3. The number of nitrogens with one attached hydrogen (secondary N) is 1. The summed E-state index contributed by atoms with van der Waals surface area (Å²) < 4.78 is 13.1. The number of nitrogens with zero attached hydrogens (tertiary/aromatic N) is 2. The monoisotopic (exact) mass is 439 g/mol. The molecule has 1 aromatic heterocycles. The molecule has 0 saturated carbocycles. The highest BCUT2D eigenvalue weighted by molar-refractivity contribution is 6.05. The molecule has 5 heteroatoms. The minimum absolute atomic E-state index is 0.172. The maximum absolute atomic E-state index is 13.1. The number of carbonyl (C=O) groups excluding carboxylic acids is 1. The van der Waals surface area contributed by atoms with E-state index in [0.29, 0.717) is 5.56 Å². The van der Waals surface area contributed by atoms with Crippen LogP contribution in [0.15, 0.2) is 78.9 Å². The Labute approximate surface area is 193 Å². The highest BCUT2D eigenvalue weighted by Crippen LogP contribution is 2.22. The van der Waals surface area contributed by atoms with Crippen molar-refractivity contribution >= 4 is 22.5 Å². The van der Waals surface area contributed by atoms with Gasteiger partial charge in [-0.3, -0.25) is 14.7 Å². The number of pyridine rings is 1. The molecule has 2 heterocycles. The lowest BCUT2D eigenvalue weighted by Gasteiger charge is -2.26. The molecular formula is C28H26FN3O. The van der Waals surface area contributed by atoms with Gasteiger partial charge in [0.25, 0.3) is 5.91 Å². The van der Waals surface area contributed by atoms with Gasteiger partial charge in [-0.1, -0.05) is 36.8 Å². The van der Waals surface area contributed by atoms with E-state index in [1.165, 1.54) is 31.4 Å². The summed E-state index contributed by atoms with van der Waals surface area (Å²) in [6.07, 6.45) is 3.87. The molecule has 1 fully saturated rings. The van der Waals surface area contributed by atoms with Crippen LogP contribution in [0.5, 0.6) is 0 Å². The molecule has 0 aliphatic carbocycles. The fourth-order valence-electron chi connectivity index (χ4n) is 4.34. The van der Waals surface area contributed by atoms with Crippen LogP contribution in [0.1, 0.15) is 35.3 Å². The Kier molecular flexibility index (Phi) is 6.13. The van der Waals surface area contributed by atoms with E-state index in [1.807, 2.05) is 30.3 Å². The third-order valence-electron chi connectivity index (χ3n) is 6.16. The zero-order valence-electron chi connectivity index (χ0n) is 18.4. The highest BCUT2D eigenvalue weighted by Gasteiger charge is 2.12. The van der Waals surface area contributed by atoms with Crippen molar-refractivity contribution in [2.45, 2.75) is 25.8 Å². The third-order valence-corrected chi connectivity index (χ3v) is 6.16. The van der Waals surface area contributed by atoms with E-state index < -0.39 is 0 Å². The molecule has 0 unspecified atom stereocenters. The molecule has 0 spiro atoms. The van der Waals surface area contributed by atoms with Crippen LogP contribution in [0.2, 0.25) is 0 Å². The molecule has 1 aliphatic rings. The van der Waals surface area contributed by atoms with Gasteiger partial charge in [0.2, 0.25) is 0 Å². The second-order valence-electron chi connectivity index (χ2n) is 8.59. The zero-order chi connectivity index (χ0) is 22.6. The first-order chi connectivity index (χ1) is 16.1. The van der Waals surface area contributed by atoms with E-state index in [4.69, 9.17) is 4.98 Å². The lowest BCUT2D eigenvalue weighted by atomic mass is 10.0. The van der Waals surface area contributed by atoms with Crippen molar-refractivity contribution < 1.29 is 9.18 Å². The predicted molar refractivity (Wildman–Crippen MR) is 131 cm³/mol. The number of aromatic nitrogens is 1. The SMILES string of the molecule is O=C(Nc1ccc2nc(CN3CCCCC3)ccc2c1)c1ccc(-c2ccc(F)cc2)cc1. The zero-order valence-corrected chi connectivity index (χ0v) is 18.4. The van der Waals surface area contributed by atoms with Gasteiger partial charge >= 0.3 is 0 Å². The normalized spacial score (nSPS) is 14.3. The van der Waals surface area contributed by atoms with Crippen molar-refractivity contribution in [2.24, 2.45) is 0 Å². The third kappa shape index (κ3) is 5.10. The maximum Gasteiger partial charge on any atom is 0.255 e. The molecule has 0 atom stereocenters. The lowest BCUT2D eigenvalue weighted by Crippen LogP contribution is -2.29. The van der Waals surface area contributed by atoms with Crippen LogP contribution >= 0.6 is 0 Å². The molecule has 3 aromatic carbocycles. The Balaban J connectivity index is 1.26. The number of hydrogen-bond donors (Lipinski definition) is 1. The van der Waals surface area contributed by atoms with Crippen molar-refractivity contribution in [2.75, 3.05) is 18.4 Å². The quantitative estimate of drug-likeness (QED) is 0.398. The minimum atomic E-state index is -0.265. The van der Waals surface area contributed by atoms with Crippen LogP contribution in [-0.2, 0) is 6.54 Å². The molecule has 33 heavy (non-hydrogen) atoms. The van der Waals surface area contributed by atoms with Crippen molar-refractivity contribution in [1.82, 2.24) is 9.88 Å². The van der Waals surface area contributed by atoms with Crippen molar-refractivity contribution in [3.8, 4) is 11.1 Å². The molecule has 5 rings (SSSR count). The summed E-state index contributed by atoms with van der Waals surface area (Å²) >= 11 is 0. The van der Waals surface area contributed by atoms with Gasteiger partial charge in [0, 0.05) is 23.2 Å². The van der Waals surface area contributed by atoms with Crippen LogP contribution < -0.4 is 5.32 Å². The summed E-state index contributed by atoms with van der Waals surface area (Å²) in [5.41, 5.74) is 5.17. The Morgan fingerprint density at radius 2 is 1.55 bits per heavy atom. The highest BCUT2D eigenvalue weighted by atomic mass is 19.1. The standard InChI is InChI=1S/C28H26FN3O/c29-24-11-8-21(9-12-24)20-4-6-22(7-5-20)28(33)31-25-14-15-27-23(18-25)10-13-26(30-27)19-32-16-2-1-3-17-32/h4-15,18H,1-3,16-17,19H2,(H,31,33). The van der Waals surface area contributed by atoms with Gasteiger partial charge in [0.1, 0.15) is 5.82 Å². The van der Waals surface area contributed by atoms with E-state index in [1.54, 1.807) is 24.3 Å². The first-order valence-corrected chi connectivity index (χ1v) is 11.4. The van der Waals surface area contributed by atoms with Crippen molar-refractivity contribution in [3.05, 3.63) is 95.9 Å². The summed E-state index contributed by atoms with van der Waals surface area (Å²) in [6, 6.07) is 23.6. The topological polar surface area (TPSA) is 45.2 Å². The van der Waals surface area contributed by atoms with Gasteiger partial charge in [0.15, 0.2) is 0 Å². The molecule has 0 radical (unpaired) electrons. The summed E-state index contributed by atoms with van der Waals surface area (Å²) in [6.45, 7) is 3.19. The number of likely N-dealkylation sites (tertiary alicyclic amines) is 1. The fourth-order valence-corrected chi connectivity index (χ4v) is 4.34. The summed E-state index contributed by atoms with van der Waals surface area (Å²) in [5, 5.41) is 3.97. The number of benzene rings is 3. The molecule has 1 saturated heterocycles. The second kappa shape index (κ2) is 9.51. The average Bonchev–Trinajstić information content (AvgIpc) is 2.85. The van der Waals surface area contributed by atoms with Gasteiger partial charge in [-0.2, -0.15) is 0 Å². The molecule has 4 nitrogen and oxygen atoms in total. The number of rotatable bonds is 5. The van der Waals surface area contributed by atoms with Crippen molar-refractivity contribution in [3.63, 3.8) is 0 Å². The molecule has 1 N–H and O–H groups in total. The predicted octanol–water partition coefficient (Wildman–Crippen LogP) is 6.28. The molecular weight excluding hydrogens is 413 g/mol. The molecule has 1 amide bonds. The summed E-state index contributed by atoms with van der Waals surface area (Å²) in [5.74, 6) is -0.437. The first-order valence-electron chi connectivity index (χ1n) is 11.4. The Morgan fingerprint density at radius 1 is 0.848 bits per heavy atom. The maximum atomic E-state index is 13.1. The number of piperidine rings is 1. The van der Waals surface area contributed by atoms with Crippen LogP contribution in [0.25, 0.3) is 22.0 Å². The number of carbonyl (C=O) groups is 1. The van der Waals surface area contributed by atoms with Gasteiger partial charge in [-0.25, -0.2) is 4.39 Å². The summed E-state index contributed by atoms with van der Waals surface area (Å²) in [4.78, 5) is 20.0. The molecule has 166 valence electrons. The molecule has 0 bridgehead atoms. The van der Waals surface area contributed by atoms with Crippen LogP contribution in [0.4, 0.5) is 10.1 Å².